The molecule has 1 N–H and O–H groups in total. The standard InChI is InChI=1S/C33H31NO3/c1-5-36-31-19-32-29(30(20-37-32)27-12-8-10-24-9-6-7-11-26(24)27)18-28(31)22(4)17-33(35)34-25-15-13-23(14-16-25)21(2)3/h6-21H,5H2,1-4H3,(H,34,35)/b22-17+. The van der Waals surface area contributed by atoms with Crippen LogP contribution in [0.1, 0.15) is 44.7 Å². The number of carbonyl (C=O) groups is 1. The Balaban J connectivity index is 1.52. The Bertz CT molecular complexity index is 1600. The molecule has 4 nitrogen and oxygen atoms in total. The molecular weight excluding hydrogens is 458 g/mol. The van der Waals surface area contributed by atoms with Crippen LogP contribution in [0.5, 0.6) is 5.75 Å². The van der Waals surface area contributed by atoms with E-state index in [1.54, 1.807) is 12.3 Å². The van der Waals surface area contributed by atoms with Gasteiger partial charge in [-0.15, -0.1) is 0 Å². The van der Waals surface area contributed by atoms with Crippen molar-refractivity contribution in [3.8, 4) is 16.9 Å². The molecule has 0 aliphatic rings. The third-order valence-corrected chi connectivity index (χ3v) is 6.67. The highest BCUT2D eigenvalue weighted by Gasteiger charge is 2.16. The molecule has 37 heavy (non-hydrogen) atoms. The summed E-state index contributed by atoms with van der Waals surface area (Å²) in [4.78, 5) is 12.9. The molecule has 0 bridgehead atoms. The van der Waals surface area contributed by atoms with Crippen LogP contribution >= 0.6 is 0 Å². The average molecular weight is 490 g/mol. The van der Waals surface area contributed by atoms with Gasteiger partial charge >= 0.3 is 0 Å². The minimum absolute atomic E-state index is 0.182. The smallest absolute Gasteiger partial charge is 0.248 e. The number of nitrogens with one attached hydrogen (secondary N) is 1. The number of amides is 1. The Hall–Kier alpha value is -4.31. The first-order valence-corrected chi connectivity index (χ1v) is 12.7. The van der Waals surface area contributed by atoms with Crippen molar-refractivity contribution < 1.29 is 13.9 Å². The van der Waals surface area contributed by atoms with E-state index in [1.807, 2.05) is 50.2 Å². The summed E-state index contributed by atoms with van der Waals surface area (Å²) in [5.74, 6) is 0.955. The van der Waals surface area contributed by atoms with Crippen LogP contribution in [-0.4, -0.2) is 12.5 Å². The lowest BCUT2D eigenvalue weighted by Crippen LogP contribution is -2.09. The molecular formula is C33H31NO3. The van der Waals surface area contributed by atoms with Gasteiger partial charge in [0.05, 0.1) is 12.9 Å². The molecule has 5 aromatic rings. The first-order valence-electron chi connectivity index (χ1n) is 12.7. The number of benzene rings is 4. The number of allylic oxidation sites excluding steroid dienone is 1. The average Bonchev–Trinajstić information content (AvgIpc) is 3.31. The number of fused-ring (bicyclic) bond motifs is 2. The van der Waals surface area contributed by atoms with Crippen LogP contribution in [0.4, 0.5) is 5.69 Å². The third kappa shape index (κ3) is 5.01. The summed E-state index contributed by atoms with van der Waals surface area (Å²) < 4.78 is 11.9. The molecule has 0 saturated heterocycles. The van der Waals surface area contributed by atoms with Gasteiger partial charge < -0.3 is 14.5 Å². The highest BCUT2D eigenvalue weighted by molar-refractivity contribution is 6.07. The Morgan fingerprint density at radius 3 is 2.46 bits per heavy atom. The molecule has 0 unspecified atom stereocenters. The summed E-state index contributed by atoms with van der Waals surface area (Å²) in [6, 6.07) is 26.6. The number of hydrogen-bond donors (Lipinski definition) is 1. The number of hydrogen-bond acceptors (Lipinski definition) is 3. The second-order valence-corrected chi connectivity index (χ2v) is 9.55. The van der Waals surface area contributed by atoms with Crippen molar-refractivity contribution in [1.82, 2.24) is 0 Å². The SMILES string of the molecule is CCOc1cc2occ(-c3cccc4ccccc34)c2cc1/C(C)=C/C(=O)Nc1ccc(C(C)C)cc1. The van der Waals surface area contributed by atoms with Crippen molar-refractivity contribution in [2.75, 3.05) is 11.9 Å². The maximum absolute atomic E-state index is 12.9. The predicted molar refractivity (Wildman–Crippen MR) is 153 cm³/mol. The van der Waals surface area contributed by atoms with Gasteiger partial charge in [0.2, 0.25) is 5.91 Å². The maximum Gasteiger partial charge on any atom is 0.248 e. The van der Waals surface area contributed by atoms with Crippen molar-refractivity contribution in [1.29, 1.82) is 0 Å². The number of rotatable bonds is 7. The van der Waals surface area contributed by atoms with Gasteiger partial charge in [-0.2, -0.15) is 0 Å². The number of ether oxygens (including phenoxy) is 1. The fourth-order valence-electron chi connectivity index (χ4n) is 4.71. The van der Waals surface area contributed by atoms with E-state index in [9.17, 15) is 4.79 Å². The Morgan fingerprint density at radius 2 is 1.70 bits per heavy atom. The molecule has 5 rings (SSSR count). The second-order valence-electron chi connectivity index (χ2n) is 9.55. The normalized spacial score (nSPS) is 11.9. The summed E-state index contributed by atoms with van der Waals surface area (Å²) in [5.41, 5.74) is 6.55. The highest BCUT2D eigenvalue weighted by atomic mass is 16.5. The number of carbonyl (C=O) groups excluding carboxylic acids is 1. The van der Waals surface area contributed by atoms with Crippen molar-refractivity contribution in [3.63, 3.8) is 0 Å². The van der Waals surface area contributed by atoms with E-state index in [2.05, 4.69) is 61.6 Å². The molecule has 0 aliphatic carbocycles. The minimum atomic E-state index is -0.182. The van der Waals surface area contributed by atoms with Crippen LogP contribution in [-0.2, 0) is 4.79 Å². The van der Waals surface area contributed by atoms with Gasteiger partial charge in [0.15, 0.2) is 0 Å². The lowest BCUT2D eigenvalue weighted by molar-refractivity contribution is -0.111. The lowest BCUT2D eigenvalue weighted by atomic mass is 9.96. The molecule has 0 aliphatic heterocycles. The fraction of sp³-hybridized carbons (Fsp3) is 0.182. The molecule has 186 valence electrons. The number of anilines is 1. The van der Waals surface area contributed by atoms with E-state index >= 15 is 0 Å². The minimum Gasteiger partial charge on any atom is -0.493 e. The Labute approximate surface area is 217 Å². The van der Waals surface area contributed by atoms with Gasteiger partial charge in [-0.05, 0) is 65.4 Å². The summed E-state index contributed by atoms with van der Waals surface area (Å²) in [6.07, 6.45) is 3.43. The van der Waals surface area contributed by atoms with E-state index in [0.717, 1.165) is 38.9 Å². The van der Waals surface area contributed by atoms with Crippen molar-refractivity contribution >= 4 is 38.9 Å². The van der Waals surface area contributed by atoms with Gasteiger partial charge in [-0.3, -0.25) is 4.79 Å². The van der Waals surface area contributed by atoms with E-state index < -0.39 is 0 Å². The van der Waals surface area contributed by atoms with Gasteiger partial charge in [0.25, 0.3) is 0 Å². The largest absolute Gasteiger partial charge is 0.493 e. The van der Waals surface area contributed by atoms with E-state index in [1.165, 1.54) is 16.3 Å². The van der Waals surface area contributed by atoms with E-state index in [4.69, 9.17) is 9.15 Å². The summed E-state index contributed by atoms with van der Waals surface area (Å²) in [7, 11) is 0. The van der Waals surface area contributed by atoms with Crippen LogP contribution in [0.25, 0.3) is 38.4 Å². The zero-order valence-electron chi connectivity index (χ0n) is 21.7. The van der Waals surface area contributed by atoms with Crippen molar-refractivity contribution in [3.05, 3.63) is 102 Å². The van der Waals surface area contributed by atoms with Crippen LogP contribution in [0.3, 0.4) is 0 Å². The Kier molecular flexibility index (Phi) is 6.82. The lowest BCUT2D eigenvalue weighted by Gasteiger charge is -2.12. The monoisotopic (exact) mass is 489 g/mol. The quantitative estimate of drug-likeness (QED) is 0.232. The zero-order valence-corrected chi connectivity index (χ0v) is 21.7. The van der Waals surface area contributed by atoms with Crippen molar-refractivity contribution in [2.24, 2.45) is 0 Å². The van der Waals surface area contributed by atoms with Gasteiger partial charge in [-0.25, -0.2) is 0 Å². The summed E-state index contributed by atoms with van der Waals surface area (Å²) >= 11 is 0. The summed E-state index contributed by atoms with van der Waals surface area (Å²) in [6.45, 7) is 8.69. The second kappa shape index (κ2) is 10.4. The molecule has 1 aromatic heterocycles. The van der Waals surface area contributed by atoms with Gasteiger partial charge in [-0.1, -0.05) is 68.4 Å². The molecule has 1 heterocycles. The van der Waals surface area contributed by atoms with Crippen LogP contribution in [0, 0.1) is 0 Å². The highest BCUT2D eigenvalue weighted by Crippen LogP contribution is 2.39. The Morgan fingerprint density at radius 1 is 0.946 bits per heavy atom. The summed E-state index contributed by atoms with van der Waals surface area (Å²) in [5, 5.41) is 6.29. The van der Waals surface area contributed by atoms with Gasteiger partial charge in [0.1, 0.15) is 11.3 Å². The van der Waals surface area contributed by atoms with Crippen LogP contribution in [0.15, 0.2) is 95.6 Å². The zero-order chi connectivity index (χ0) is 25.9. The molecule has 4 heteroatoms. The number of furan rings is 1. The van der Waals surface area contributed by atoms with Crippen LogP contribution < -0.4 is 10.1 Å². The molecule has 1 amide bonds. The first-order chi connectivity index (χ1) is 17.9. The molecule has 4 aromatic carbocycles. The molecule has 0 spiro atoms. The predicted octanol–water partition coefficient (Wildman–Crippen LogP) is 8.82. The maximum atomic E-state index is 12.9. The van der Waals surface area contributed by atoms with E-state index in [0.29, 0.717) is 18.3 Å². The van der Waals surface area contributed by atoms with Crippen LogP contribution in [0.2, 0.25) is 0 Å². The van der Waals surface area contributed by atoms with Crippen molar-refractivity contribution in [2.45, 2.75) is 33.6 Å². The van der Waals surface area contributed by atoms with E-state index in [-0.39, 0.29) is 5.91 Å². The fourth-order valence-corrected chi connectivity index (χ4v) is 4.71. The molecule has 0 atom stereocenters. The topological polar surface area (TPSA) is 51.5 Å². The third-order valence-electron chi connectivity index (χ3n) is 6.67. The molecule has 0 saturated carbocycles. The first kappa shape index (κ1) is 24.4. The molecule has 0 fully saturated rings. The molecule has 0 radical (unpaired) electrons. The van der Waals surface area contributed by atoms with Gasteiger partial charge in [0, 0.05) is 34.3 Å².